The maximum atomic E-state index is 12.2. The summed E-state index contributed by atoms with van der Waals surface area (Å²) in [7, 11) is 2.10. The number of hydrogen-bond donors (Lipinski definition) is 2. The van der Waals surface area contributed by atoms with Crippen molar-refractivity contribution in [3.05, 3.63) is 47.0 Å². The van der Waals surface area contributed by atoms with Crippen LogP contribution < -0.4 is 10.6 Å². The van der Waals surface area contributed by atoms with E-state index in [0.717, 1.165) is 25.9 Å². The number of nitrogens with zero attached hydrogens (tertiary/aromatic N) is 2. The molecular formula is C18H22N4O2S. The summed E-state index contributed by atoms with van der Waals surface area (Å²) in [4.78, 5) is 30.9. The molecule has 2 amide bonds. The number of aromatic nitrogens is 1. The van der Waals surface area contributed by atoms with Gasteiger partial charge in [-0.25, -0.2) is 4.98 Å². The van der Waals surface area contributed by atoms with Crippen molar-refractivity contribution < 1.29 is 9.59 Å². The molecular weight excluding hydrogens is 336 g/mol. The second kappa shape index (κ2) is 8.22. The average Bonchev–Trinajstić information content (AvgIpc) is 3.04. The van der Waals surface area contributed by atoms with Crippen molar-refractivity contribution in [3.63, 3.8) is 0 Å². The van der Waals surface area contributed by atoms with E-state index in [1.807, 2.05) is 23.6 Å². The van der Waals surface area contributed by atoms with E-state index in [1.54, 1.807) is 12.1 Å². The van der Waals surface area contributed by atoms with Crippen molar-refractivity contribution in [1.82, 2.24) is 15.2 Å². The van der Waals surface area contributed by atoms with Gasteiger partial charge in [0.05, 0.1) is 12.1 Å². The molecule has 3 rings (SSSR count). The largest absolute Gasteiger partial charge is 0.353 e. The van der Waals surface area contributed by atoms with Gasteiger partial charge in [-0.15, -0.1) is 11.3 Å². The number of piperidine rings is 1. The third kappa shape index (κ3) is 5.11. The van der Waals surface area contributed by atoms with E-state index in [4.69, 9.17) is 0 Å². The zero-order valence-electron chi connectivity index (χ0n) is 14.2. The lowest BCUT2D eigenvalue weighted by Crippen LogP contribution is -2.43. The van der Waals surface area contributed by atoms with Crippen LogP contribution in [0.15, 0.2) is 35.7 Å². The molecule has 1 aliphatic rings. The highest BCUT2D eigenvalue weighted by Crippen LogP contribution is 2.17. The SMILES string of the molecule is CN1CCC(NC(=O)Cc2csc(NC(=O)c3ccccc3)n2)CC1. The highest BCUT2D eigenvalue weighted by Gasteiger charge is 2.19. The lowest BCUT2D eigenvalue weighted by atomic mass is 10.1. The normalized spacial score (nSPS) is 15.7. The number of benzene rings is 1. The molecule has 2 aromatic rings. The molecule has 6 nitrogen and oxygen atoms in total. The Hall–Kier alpha value is -2.25. The molecule has 7 heteroatoms. The predicted molar refractivity (Wildman–Crippen MR) is 98.9 cm³/mol. The van der Waals surface area contributed by atoms with Gasteiger partial charge in [0.25, 0.3) is 5.91 Å². The quantitative estimate of drug-likeness (QED) is 0.859. The van der Waals surface area contributed by atoms with E-state index in [0.29, 0.717) is 16.4 Å². The maximum absolute atomic E-state index is 12.2. The third-order valence-electron chi connectivity index (χ3n) is 4.23. The number of anilines is 1. The van der Waals surface area contributed by atoms with Crippen molar-refractivity contribution in [2.75, 3.05) is 25.5 Å². The molecule has 1 aliphatic heterocycles. The molecule has 1 fully saturated rings. The molecule has 2 N–H and O–H groups in total. The van der Waals surface area contributed by atoms with Crippen LogP contribution in [-0.4, -0.2) is 47.9 Å². The molecule has 0 spiro atoms. The summed E-state index contributed by atoms with van der Waals surface area (Å²) in [5.74, 6) is -0.210. The highest BCUT2D eigenvalue weighted by molar-refractivity contribution is 7.14. The Labute approximate surface area is 151 Å². The fourth-order valence-electron chi connectivity index (χ4n) is 2.80. The number of carbonyl (C=O) groups is 2. The first-order valence-electron chi connectivity index (χ1n) is 8.39. The van der Waals surface area contributed by atoms with Crippen LogP contribution in [0.3, 0.4) is 0 Å². The van der Waals surface area contributed by atoms with E-state index in [9.17, 15) is 9.59 Å². The van der Waals surface area contributed by atoms with Crippen LogP contribution in [0.25, 0.3) is 0 Å². The minimum atomic E-state index is -0.197. The van der Waals surface area contributed by atoms with Crippen LogP contribution in [0, 0.1) is 0 Å². The van der Waals surface area contributed by atoms with Gasteiger partial charge in [-0.2, -0.15) is 0 Å². The number of amides is 2. The van der Waals surface area contributed by atoms with Gasteiger partial charge in [-0.1, -0.05) is 18.2 Å². The number of likely N-dealkylation sites (tertiary alicyclic amines) is 1. The van der Waals surface area contributed by atoms with E-state index >= 15 is 0 Å². The second-order valence-corrected chi connectivity index (χ2v) is 7.14. The Bertz CT molecular complexity index is 724. The van der Waals surface area contributed by atoms with E-state index in [2.05, 4.69) is 27.6 Å². The first-order chi connectivity index (χ1) is 12.1. The third-order valence-corrected chi connectivity index (χ3v) is 5.04. The molecule has 0 bridgehead atoms. The van der Waals surface area contributed by atoms with Crippen molar-refractivity contribution in [2.45, 2.75) is 25.3 Å². The lowest BCUT2D eigenvalue weighted by molar-refractivity contribution is -0.121. The summed E-state index contributed by atoms with van der Waals surface area (Å²) in [5.41, 5.74) is 1.26. The summed E-state index contributed by atoms with van der Waals surface area (Å²) in [6, 6.07) is 9.24. The number of hydrogen-bond acceptors (Lipinski definition) is 5. The van der Waals surface area contributed by atoms with Crippen LogP contribution in [0.4, 0.5) is 5.13 Å². The molecule has 1 saturated heterocycles. The molecule has 2 heterocycles. The molecule has 1 aromatic carbocycles. The number of rotatable bonds is 5. The molecule has 0 atom stereocenters. The monoisotopic (exact) mass is 358 g/mol. The minimum absolute atomic E-state index is 0.0132. The number of carbonyl (C=O) groups excluding carboxylic acids is 2. The van der Waals surface area contributed by atoms with E-state index in [1.165, 1.54) is 11.3 Å². The molecule has 25 heavy (non-hydrogen) atoms. The van der Waals surface area contributed by atoms with E-state index in [-0.39, 0.29) is 24.3 Å². The van der Waals surface area contributed by atoms with Gasteiger partial charge in [0.2, 0.25) is 5.91 Å². The lowest BCUT2D eigenvalue weighted by Gasteiger charge is -2.29. The standard InChI is InChI=1S/C18H22N4O2S/c1-22-9-7-14(8-10-22)19-16(23)11-15-12-25-18(20-15)21-17(24)13-5-3-2-4-6-13/h2-6,12,14H,7-11H2,1H3,(H,19,23)(H,20,21,24). The van der Waals surface area contributed by atoms with Gasteiger partial charge >= 0.3 is 0 Å². The van der Waals surface area contributed by atoms with Crippen molar-refractivity contribution in [3.8, 4) is 0 Å². The summed E-state index contributed by atoms with van der Waals surface area (Å²) >= 11 is 1.33. The van der Waals surface area contributed by atoms with Crippen LogP contribution in [0.2, 0.25) is 0 Å². The molecule has 0 aliphatic carbocycles. The zero-order chi connectivity index (χ0) is 17.6. The zero-order valence-corrected chi connectivity index (χ0v) is 15.0. The topological polar surface area (TPSA) is 74.3 Å². The van der Waals surface area contributed by atoms with Gasteiger partial charge in [0.1, 0.15) is 0 Å². The Balaban J connectivity index is 1.49. The predicted octanol–water partition coefficient (Wildman–Crippen LogP) is 2.15. The Morgan fingerprint density at radius 1 is 1.24 bits per heavy atom. The molecule has 132 valence electrons. The van der Waals surface area contributed by atoms with Gasteiger partial charge in [-0.3, -0.25) is 14.9 Å². The summed E-state index contributed by atoms with van der Waals surface area (Å²) < 4.78 is 0. The summed E-state index contributed by atoms with van der Waals surface area (Å²) in [5, 5.41) is 8.17. The van der Waals surface area contributed by atoms with Crippen LogP contribution in [0.1, 0.15) is 28.9 Å². The molecule has 0 saturated carbocycles. The van der Waals surface area contributed by atoms with Gasteiger partial charge < -0.3 is 10.2 Å². The molecule has 0 unspecified atom stereocenters. The second-order valence-electron chi connectivity index (χ2n) is 6.29. The highest BCUT2D eigenvalue weighted by atomic mass is 32.1. The van der Waals surface area contributed by atoms with Gasteiger partial charge in [0, 0.05) is 17.0 Å². The molecule has 1 aromatic heterocycles. The smallest absolute Gasteiger partial charge is 0.257 e. The first kappa shape index (κ1) is 17.6. The molecule has 0 radical (unpaired) electrons. The Morgan fingerprint density at radius 3 is 2.68 bits per heavy atom. The number of thiazole rings is 1. The van der Waals surface area contributed by atoms with Gasteiger partial charge in [-0.05, 0) is 45.1 Å². The fraction of sp³-hybridized carbons (Fsp3) is 0.389. The first-order valence-corrected chi connectivity index (χ1v) is 9.27. The van der Waals surface area contributed by atoms with Crippen molar-refractivity contribution >= 4 is 28.3 Å². The van der Waals surface area contributed by atoms with Crippen molar-refractivity contribution in [1.29, 1.82) is 0 Å². The maximum Gasteiger partial charge on any atom is 0.257 e. The fourth-order valence-corrected chi connectivity index (χ4v) is 3.51. The van der Waals surface area contributed by atoms with Crippen LogP contribution in [-0.2, 0) is 11.2 Å². The average molecular weight is 358 g/mol. The van der Waals surface area contributed by atoms with Crippen molar-refractivity contribution in [2.24, 2.45) is 0 Å². The van der Waals surface area contributed by atoms with Crippen LogP contribution >= 0.6 is 11.3 Å². The Morgan fingerprint density at radius 2 is 1.96 bits per heavy atom. The van der Waals surface area contributed by atoms with Gasteiger partial charge in [0.15, 0.2) is 5.13 Å². The minimum Gasteiger partial charge on any atom is -0.353 e. The van der Waals surface area contributed by atoms with E-state index < -0.39 is 0 Å². The summed E-state index contributed by atoms with van der Waals surface area (Å²) in [6.07, 6.45) is 2.21. The number of nitrogens with one attached hydrogen (secondary N) is 2. The van der Waals surface area contributed by atoms with Crippen LogP contribution in [0.5, 0.6) is 0 Å². The summed E-state index contributed by atoms with van der Waals surface area (Å²) in [6.45, 7) is 2.02. The Kier molecular flexibility index (Phi) is 5.78.